The molecule has 28 heavy (non-hydrogen) atoms. The van der Waals surface area contributed by atoms with Crippen LogP contribution in [0, 0.1) is 0 Å². The number of hydrogen-bond acceptors (Lipinski definition) is 6. The minimum absolute atomic E-state index is 0.508. The van der Waals surface area contributed by atoms with Crippen LogP contribution in [-0.2, 0) is 16.4 Å². The van der Waals surface area contributed by atoms with Crippen LogP contribution in [0.25, 0.3) is 0 Å². The molecule has 0 aliphatic heterocycles. The summed E-state index contributed by atoms with van der Waals surface area (Å²) in [6, 6.07) is -3.93. The summed E-state index contributed by atoms with van der Waals surface area (Å²) in [5.74, 6) is -3.35. The van der Waals surface area contributed by atoms with Gasteiger partial charge in [-0.25, -0.2) is 13.6 Å². The third-order valence-electron chi connectivity index (χ3n) is 3.01. The number of primary sulfonamides is 1. The maximum Gasteiger partial charge on any atom is 0.241 e. The van der Waals surface area contributed by atoms with E-state index in [1.54, 1.807) is 0 Å². The normalized spacial score (nSPS) is 24.8. The standard InChI is InChI=1S/C20H28N2O5S/c1-4-26-17-7-5-6-8-18(17)27-12-11-22-15(2)13-16-9-10-19(25-3)20(14-16)28(21,23)24/h5-10,14-15,22H,4,11-13H2,1-3H3,(H2,21,23,24)/t15-/m1/s1/i1D3,3D3,4D2,5D,6D,7D,8D,11D2,12D2,13D2. The SMILES string of the molecule is [2H]c1c([2H])c([2H])c(OC([2H])([2H])C([2H])([2H])N[C@H](C)C([2H])([2H])c2ccc(OC([2H])([2H])[2H])c(S(N)(=O)=O)c2)c(OC([2H])([2H])C([2H])([2H])[2H])c1[2H]. The van der Waals surface area contributed by atoms with E-state index in [4.69, 9.17) is 39.3 Å². The second-order valence-electron chi connectivity index (χ2n) is 5.01. The summed E-state index contributed by atoms with van der Waals surface area (Å²) in [5, 5.41) is 7.12. The maximum absolute atomic E-state index is 12.1. The minimum atomic E-state index is -4.70. The number of nitrogens with two attached hydrogens (primary N) is 1. The van der Waals surface area contributed by atoms with Gasteiger partial charge in [0.05, 0.1) is 28.7 Å². The zero-order valence-electron chi connectivity index (χ0n) is 32.3. The molecule has 0 heterocycles. The highest BCUT2D eigenvalue weighted by molar-refractivity contribution is 7.89. The number of nitrogens with one attached hydrogen (secondary N) is 1. The van der Waals surface area contributed by atoms with Crippen LogP contribution in [0.4, 0.5) is 0 Å². The maximum atomic E-state index is 12.1. The van der Waals surface area contributed by atoms with Crippen molar-refractivity contribution in [2.45, 2.75) is 31.1 Å². The summed E-state index contributed by atoms with van der Waals surface area (Å²) in [6.45, 7) is -13.3. The number of ether oxygens (including phenoxy) is 3. The van der Waals surface area contributed by atoms with Crippen molar-refractivity contribution in [2.24, 2.45) is 5.14 Å². The van der Waals surface area contributed by atoms with E-state index in [9.17, 15) is 8.42 Å². The Morgan fingerprint density at radius 1 is 1.25 bits per heavy atom. The highest BCUT2D eigenvalue weighted by Crippen LogP contribution is 2.26. The molecule has 0 unspecified atom stereocenters. The van der Waals surface area contributed by atoms with Crippen molar-refractivity contribution < 1.29 is 47.3 Å². The van der Waals surface area contributed by atoms with Gasteiger partial charge in [-0.15, -0.1) is 0 Å². The molecule has 0 amide bonds. The Morgan fingerprint density at radius 3 is 2.68 bits per heavy atom. The topological polar surface area (TPSA) is 99.9 Å². The zero-order chi connectivity index (χ0) is 36.2. The Labute approximate surface area is 192 Å². The molecule has 0 fully saturated rings. The van der Waals surface area contributed by atoms with Crippen molar-refractivity contribution in [3.63, 3.8) is 0 Å². The molecule has 154 valence electrons. The lowest BCUT2D eigenvalue weighted by molar-refractivity contribution is 0.272. The molecule has 0 bridgehead atoms. The lowest BCUT2D eigenvalue weighted by Crippen LogP contribution is -2.32. The summed E-state index contributed by atoms with van der Waals surface area (Å²) < 4.78 is 179. The molecule has 2 aromatic carbocycles. The first-order valence-electron chi connectivity index (χ1n) is 16.4. The third-order valence-corrected chi connectivity index (χ3v) is 3.94. The highest BCUT2D eigenvalue weighted by atomic mass is 32.2. The predicted molar refractivity (Wildman–Crippen MR) is 109 cm³/mol. The molecule has 2 aromatic rings. The largest absolute Gasteiger partial charge is 0.495 e. The molecule has 0 saturated heterocycles. The smallest absolute Gasteiger partial charge is 0.241 e. The van der Waals surface area contributed by atoms with E-state index in [0.717, 1.165) is 19.1 Å². The van der Waals surface area contributed by atoms with E-state index in [0.29, 0.717) is 6.07 Å². The number of benzene rings is 2. The highest BCUT2D eigenvalue weighted by Gasteiger charge is 2.16. The van der Waals surface area contributed by atoms with Crippen molar-refractivity contribution in [3.05, 3.63) is 47.9 Å². The molecular weight excluding hydrogens is 380 g/mol. The molecule has 1 atom stereocenters. The van der Waals surface area contributed by atoms with Gasteiger partial charge in [-0.1, -0.05) is 18.2 Å². The van der Waals surface area contributed by atoms with Crippen LogP contribution >= 0.6 is 0 Å². The van der Waals surface area contributed by atoms with Crippen LogP contribution in [0.2, 0.25) is 0 Å². The fourth-order valence-corrected chi connectivity index (χ4v) is 2.57. The second-order valence-corrected chi connectivity index (χ2v) is 6.54. The number of para-hydroxylation sites is 2. The lowest BCUT2D eigenvalue weighted by atomic mass is 10.1. The van der Waals surface area contributed by atoms with E-state index < -0.39 is 108 Å². The summed E-state index contributed by atoms with van der Waals surface area (Å²) in [6.07, 6.45) is -2.78. The summed E-state index contributed by atoms with van der Waals surface area (Å²) in [4.78, 5) is -0.929. The van der Waals surface area contributed by atoms with Crippen LogP contribution in [0.1, 0.15) is 44.0 Å². The first-order chi connectivity index (χ1) is 20.3. The Hall–Kier alpha value is -2.29. The van der Waals surface area contributed by atoms with Gasteiger partial charge in [-0.05, 0) is 49.9 Å². The molecule has 3 N–H and O–H groups in total. The van der Waals surface area contributed by atoms with E-state index in [2.05, 4.69) is 4.74 Å². The molecular formula is C20H28N2O5S. The minimum Gasteiger partial charge on any atom is -0.495 e. The molecule has 7 nitrogen and oxygen atoms in total. The van der Waals surface area contributed by atoms with Crippen molar-refractivity contribution in [1.82, 2.24) is 5.32 Å². The van der Waals surface area contributed by atoms with E-state index in [-0.39, 0.29) is 0 Å². The van der Waals surface area contributed by atoms with Gasteiger partial charge in [0.1, 0.15) is 17.2 Å². The van der Waals surface area contributed by atoms with Crippen LogP contribution in [-0.4, -0.2) is 41.1 Å². The quantitative estimate of drug-likeness (QED) is 0.572. The zero-order valence-corrected chi connectivity index (χ0v) is 15.2. The van der Waals surface area contributed by atoms with E-state index in [1.165, 1.54) is 0 Å². The molecule has 0 aliphatic rings. The Morgan fingerprint density at radius 2 is 2.00 bits per heavy atom. The Kier molecular flexibility index (Phi) is 2.89. The molecule has 0 spiro atoms. The monoisotopic (exact) mass is 426 g/mol. The average molecular weight is 427 g/mol. The number of rotatable bonds is 11. The van der Waals surface area contributed by atoms with Crippen molar-refractivity contribution in [3.8, 4) is 17.2 Å². The number of methoxy groups -OCH3 is 1. The van der Waals surface area contributed by atoms with Crippen LogP contribution in [0.3, 0.4) is 0 Å². The summed E-state index contributed by atoms with van der Waals surface area (Å²) in [7, 11) is -7.81. The second kappa shape index (κ2) is 10.3. The van der Waals surface area contributed by atoms with Crippen molar-refractivity contribution >= 4 is 10.0 Å². The molecule has 2 rings (SSSR count). The number of hydrogen-bond donors (Lipinski definition) is 2. The van der Waals surface area contributed by atoms with Crippen LogP contribution < -0.4 is 24.7 Å². The van der Waals surface area contributed by atoms with Crippen molar-refractivity contribution in [1.29, 1.82) is 0 Å². The summed E-state index contributed by atoms with van der Waals surface area (Å²) >= 11 is 0. The van der Waals surface area contributed by atoms with Gasteiger partial charge in [0.25, 0.3) is 0 Å². The van der Waals surface area contributed by atoms with Gasteiger partial charge in [0.15, 0.2) is 11.5 Å². The van der Waals surface area contributed by atoms with E-state index >= 15 is 0 Å². The number of sulfonamides is 1. The van der Waals surface area contributed by atoms with Crippen LogP contribution in [0.5, 0.6) is 17.2 Å². The first-order valence-corrected chi connectivity index (χ1v) is 8.94. The Bertz CT molecular complexity index is 1580. The molecule has 8 heteroatoms. The fourth-order valence-electron chi connectivity index (χ4n) is 1.89. The molecule has 0 saturated carbocycles. The van der Waals surface area contributed by atoms with E-state index in [1.807, 2.05) is 5.32 Å². The van der Waals surface area contributed by atoms with Gasteiger partial charge in [-0.2, -0.15) is 0 Å². The van der Waals surface area contributed by atoms with Gasteiger partial charge >= 0.3 is 0 Å². The third kappa shape index (κ3) is 6.40. The lowest BCUT2D eigenvalue weighted by Gasteiger charge is -2.16. The van der Waals surface area contributed by atoms with Crippen LogP contribution in [0.15, 0.2) is 47.3 Å². The predicted octanol–water partition coefficient (Wildman–Crippen LogP) is 2.34. The molecule has 0 radical (unpaired) electrons. The molecule has 0 aliphatic carbocycles. The Balaban J connectivity index is 2.55. The van der Waals surface area contributed by atoms with Gasteiger partial charge in [0, 0.05) is 22.1 Å². The summed E-state index contributed by atoms with van der Waals surface area (Å²) in [5.41, 5.74) is -0.508. The average Bonchev–Trinajstić information content (AvgIpc) is 2.85. The van der Waals surface area contributed by atoms with Gasteiger partial charge in [0.2, 0.25) is 10.0 Å². The fraction of sp³-hybridized carbons (Fsp3) is 0.400. The first kappa shape index (κ1) is 7.85. The molecule has 0 aromatic heterocycles. The van der Waals surface area contributed by atoms with Crippen molar-refractivity contribution in [2.75, 3.05) is 26.7 Å². The van der Waals surface area contributed by atoms with Gasteiger partial charge < -0.3 is 19.5 Å². The van der Waals surface area contributed by atoms with Gasteiger partial charge in [-0.3, -0.25) is 0 Å².